The Bertz CT molecular complexity index is 441. The molecule has 1 aromatic rings. The van der Waals surface area contributed by atoms with Crippen molar-refractivity contribution in [3.8, 4) is 0 Å². The molecule has 3 nitrogen and oxygen atoms in total. The number of halogens is 1. The Balaban J connectivity index is 1.93. The topological polar surface area (TPSA) is 49.3 Å². The van der Waals surface area contributed by atoms with Crippen LogP contribution in [0.1, 0.15) is 41.6 Å². The van der Waals surface area contributed by atoms with Crippen molar-refractivity contribution < 1.29 is 14.3 Å². The third-order valence-electron chi connectivity index (χ3n) is 3.70. The van der Waals surface area contributed by atoms with Gasteiger partial charge in [0.25, 0.3) is 5.91 Å². The number of aliphatic hydroxyl groups is 1. The molecule has 1 amide bonds. The highest BCUT2D eigenvalue weighted by Crippen LogP contribution is 2.23. The van der Waals surface area contributed by atoms with Crippen LogP contribution in [-0.2, 0) is 0 Å². The van der Waals surface area contributed by atoms with Gasteiger partial charge in [0.2, 0.25) is 0 Å². The van der Waals surface area contributed by atoms with E-state index >= 15 is 0 Å². The van der Waals surface area contributed by atoms with E-state index in [9.17, 15) is 14.3 Å². The lowest BCUT2D eigenvalue weighted by atomic mass is 9.86. The number of amides is 1. The minimum absolute atomic E-state index is 0.118. The van der Waals surface area contributed by atoms with Gasteiger partial charge in [-0.1, -0.05) is 12.8 Å². The van der Waals surface area contributed by atoms with Crippen LogP contribution < -0.4 is 5.32 Å². The summed E-state index contributed by atoms with van der Waals surface area (Å²) in [5, 5.41) is 12.6. The van der Waals surface area contributed by atoms with Crippen LogP contribution in [0.4, 0.5) is 4.39 Å². The van der Waals surface area contributed by atoms with Gasteiger partial charge < -0.3 is 10.4 Å². The van der Waals surface area contributed by atoms with Crippen LogP contribution in [0.3, 0.4) is 0 Å². The van der Waals surface area contributed by atoms with Crippen molar-refractivity contribution in [3.63, 3.8) is 0 Å². The molecule has 2 rings (SSSR count). The molecular weight excluding hydrogens is 245 g/mol. The summed E-state index contributed by atoms with van der Waals surface area (Å²) in [6.45, 7) is 2.21. The Labute approximate surface area is 112 Å². The van der Waals surface area contributed by atoms with Crippen LogP contribution in [0.25, 0.3) is 0 Å². The molecule has 0 aliphatic heterocycles. The zero-order valence-electron chi connectivity index (χ0n) is 11.2. The SMILES string of the molecule is Cc1cc(F)cc(C(=O)NCC2CCCCC2O)c1. The average Bonchev–Trinajstić information content (AvgIpc) is 2.36. The maximum Gasteiger partial charge on any atom is 0.251 e. The fourth-order valence-electron chi connectivity index (χ4n) is 2.62. The molecule has 19 heavy (non-hydrogen) atoms. The summed E-state index contributed by atoms with van der Waals surface area (Å²) in [5.41, 5.74) is 1.06. The molecule has 1 saturated carbocycles. The molecule has 1 aromatic carbocycles. The van der Waals surface area contributed by atoms with E-state index in [4.69, 9.17) is 0 Å². The van der Waals surface area contributed by atoms with E-state index < -0.39 is 5.82 Å². The molecule has 1 aliphatic rings. The predicted octanol–water partition coefficient (Wildman–Crippen LogP) is 2.42. The molecule has 0 saturated heterocycles. The average molecular weight is 265 g/mol. The van der Waals surface area contributed by atoms with Gasteiger partial charge in [-0.25, -0.2) is 4.39 Å². The second-order valence-electron chi connectivity index (χ2n) is 5.34. The van der Waals surface area contributed by atoms with Gasteiger partial charge in [-0.3, -0.25) is 4.79 Å². The lowest BCUT2D eigenvalue weighted by molar-refractivity contribution is 0.0663. The van der Waals surface area contributed by atoms with Crippen molar-refractivity contribution in [1.29, 1.82) is 0 Å². The number of benzene rings is 1. The highest BCUT2D eigenvalue weighted by molar-refractivity contribution is 5.94. The molecule has 104 valence electrons. The van der Waals surface area contributed by atoms with Gasteiger partial charge in [-0.2, -0.15) is 0 Å². The molecule has 0 radical (unpaired) electrons. The summed E-state index contributed by atoms with van der Waals surface area (Å²) in [6.07, 6.45) is 3.55. The smallest absolute Gasteiger partial charge is 0.251 e. The lowest BCUT2D eigenvalue weighted by Crippen LogP contribution is -2.36. The Hall–Kier alpha value is -1.42. The largest absolute Gasteiger partial charge is 0.393 e. The monoisotopic (exact) mass is 265 g/mol. The van der Waals surface area contributed by atoms with Gasteiger partial charge in [0.05, 0.1) is 6.10 Å². The molecule has 2 unspecified atom stereocenters. The van der Waals surface area contributed by atoms with E-state index in [0.29, 0.717) is 12.1 Å². The van der Waals surface area contributed by atoms with Crippen LogP contribution in [0, 0.1) is 18.7 Å². The molecule has 0 heterocycles. The maximum absolute atomic E-state index is 13.2. The quantitative estimate of drug-likeness (QED) is 0.881. The molecule has 2 atom stereocenters. The molecule has 0 aromatic heterocycles. The number of aliphatic hydroxyl groups excluding tert-OH is 1. The van der Waals surface area contributed by atoms with Crippen LogP contribution in [0.15, 0.2) is 18.2 Å². The molecule has 1 aliphatic carbocycles. The first-order chi connectivity index (χ1) is 9.06. The first kappa shape index (κ1) is 14.0. The standard InChI is InChI=1S/C15H20FNO2/c1-10-6-12(8-13(16)7-10)15(19)17-9-11-4-2-3-5-14(11)18/h6-8,11,14,18H,2-5,9H2,1H3,(H,17,19). The summed E-state index contributed by atoms with van der Waals surface area (Å²) >= 11 is 0. The first-order valence-electron chi connectivity index (χ1n) is 6.79. The van der Waals surface area contributed by atoms with Crippen LogP contribution in [0.5, 0.6) is 0 Å². The number of hydrogen-bond donors (Lipinski definition) is 2. The van der Waals surface area contributed by atoms with Crippen molar-refractivity contribution >= 4 is 5.91 Å². The van der Waals surface area contributed by atoms with Gasteiger partial charge in [0, 0.05) is 18.0 Å². The zero-order chi connectivity index (χ0) is 13.8. The fourth-order valence-corrected chi connectivity index (χ4v) is 2.62. The fraction of sp³-hybridized carbons (Fsp3) is 0.533. The normalized spacial score (nSPS) is 23.1. The van der Waals surface area contributed by atoms with Crippen LogP contribution >= 0.6 is 0 Å². The number of carbonyl (C=O) groups excluding carboxylic acids is 1. The molecule has 4 heteroatoms. The van der Waals surface area contributed by atoms with E-state index in [1.807, 2.05) is 0 Å². The van der Waals surface area contributed by atoms with Gasteiger partial charge in [-0.15, -0.1) is 0 Å². The van der Waals surface area contributed by atoms with E-state index in [2.05, 4.69) is 5.32 Å². The number of carbonyl (C=O) groups is 1. The summed E-state index contributed by atoms with van der Waals surface area (Å²) in [6, 6.07) is 4.29. The highest BCUT2D eigenvalue weighted by Gasteiger charge is 2.23. The molecule has 1 fully saturated rings. The van der Waals surface area contributed by atoms with E-state index in [0.717, 1.165) is 31.2 Å². The number of nitrogens with one attached hydrogen (secondary N) is 1. The van der Waals surface area contributed by atoms with Crippen molar-refractivity contribution in [1.82, 2.24) is 5.32 Å². The van der Waals surface area contributed by atoms with Crippen molar-refractivity contribution in [2.24, 2.45) is 5.92 Å². The molecular formula is C15H20FNO2. The van der Waals surface area contributed by atoms with E-state index in [1.54, 1.807) is 13.0 Å². The first-order valence-corrected chi connectivity index (χ1v) is 6.79. The number of rotatable bonds is 3. The third-order valence-corrected chi connectivity index (χ3v) is 3.70. The molecule has 0 spiro atoms. The van der Waals surface area contributed by atoms with Crippen LogP contribution in [-0.4, -0.2) is 23.7 Å². The summed E-state index contributed by atoms with van der Waals surface area (Å²) in [5.74, 6) is -0.560. The van der Waals surface area contributed by atoms with Gasteiger partial charge in [-0.05, 0) is 43.5 Å². The minimum atomic E-state index is -0.400. The molecule has 0 bridgehead atoms. The van der Waals surface area contributed by atoms with Gasteiger partial charge in [0.15, 0.2) is 0 Å². The van der Waals surface area contributed by atoms with Crippen molar-refractivity contribution in [3.05, 3.63) is 35.1 Å². The summed E-state index contributed by atoms with van der Waals surface area (Å²) in [7, 11) is 0. The second kappa shape index (κ2) is 6.15. The summed E-state index contributed by atoms with van der Waals surface area (Å²) in [4.78, 5) is 11.9. The Morgan fingerprint density at radius 2 is 2.11 bits per heavy atom. The number of hydrogen-bond acceptors (Lipinski definition) is 2. The van der Waals surface area contributed by atoms with Crippen molar-refractivity contribution in [2.45, 2.75) is 38.7 Å². The van der Waals surface area contributed by atoms with Crippen LogP contribution in [0.2, 0.25) is 0 Å². The van der Waals surface area contributed by atoms with Crippen molar-refractivity contribution in [2.75, 3.05) is 6.54 Å². The Morgan fingerprint density at radius 3 is 2.79 bits per heavy atom. The Kier molecular flexibility index (Phi) is 4.53. The summed E-state index contributed by atoms with van der Waals surface area (Å²) < 4.78 is 13.2. The van der Waals surface area contributed by atoms with E-state index in [-0.39, 0.29) is 17.9 Å². The predicted molar refractivity (Wildman–Crippen MR) is 71.4 cm³/mol. The molecule has 2 N–H and O–H groups in total. The van der Waals surface area contributed by atoms with Gasteiger partial charge in [0.1, 0.15) is 5.82 Å². The minimum Gasteiger partial charge on any atom is -0.393 e. The maximum atomic E-state index is 13.2. The lowest BCUT2D eigenvalue weighted by Gasteiger charge is -2.27. The number of aryl methyl sites for hydroxylation is 1. The third kappa shape index (κ3) is 3.77. The second-order valence-corrected chi connectivity index (χ2v) is 5.34. The van der Waals surface area contributed by atoms with E-state index in [1.165, 1.54) is 12.1 Å². The Morgan fingerprint density at radius 1 is 1.37 bits per heavy atom. The zero-order valence-corrected chi connectivity index (χ0v) is 11.2. The highest BCUT2D eigenvalue weighted by atomic mass is 19.1. The van der Waals surface area contributed by atoms with Gasteiger partial charge >= 0.3 is 0 Å².